The van der Waals surface area contributed by atoms with Crippen molar-refractivity contribution in [3.05, 3.63) is 110 Å². The molecule has 0 saturated heterocycles. The number of benzene rings is 3. The highest BCUT2D eigenvalue weighted by Crippen LogP contribution is 2.16. The molecule has 0 bridgehead atoms. The van der Waals surface area contributed by atoms with Crippen molar-refractivity contribution in [3.8, 4) is 0 Å². The van der Waals surface area contributed by atoms with Gasteiger partial charge in [0, 0.05) is 22.1 Å². The fourth-order valence-electron chi connectivity index (χ4n) is 3.22. The second kappa shape index (κ2) is 8.77. The first kappa shape index (κ1) is 20.9. The van der Waals surface area contributed by atoms with Crippen molar-refractivity contribution < 1.29 is 13.6 Å². The zero-order chi connectivity index (χ0) is 22.0. The number of amides is 1. The van der Waals surface area contributed by atoms with Crippen molar-refractivity contribution in [2.24, 2.45) is 0 Å². The maximum Gasteiger partial charge on any atom is 0.261 e. The van der Waals surface area contributed by atoms with E-state index in [0.29, 0.717) is 22.0 Å². The molecule has 4 aromatic rings. The molecular formula is C23H16BrF2N3O2. The summed E-state index contributed by atoms with van der Waals surface area (Å²) in [6, 6.07) is 15.5. The van der Waals surface area contributed by atoms with Crippen LogP contribution in [0, 0.1) is 11.6 Å². The third kappa shape index (κ3) is 4.54. The summed E-state index contributed by atoms with van der Waals surface area (Å²) in [6.07, 6.45) is 1.46. The molecular weight excluding hydrogens is 468 g/mol. The average molecular weight is 484 g/mol. The highest BCUT2D eigenvalue weighted by Gasteiger charge is 2.12. The Morgan fingerprint density at radius 3 is 2.55 bits per heavy atom. The van der Waals surface area contributed by atoms with Crippen LogP contribution in [0.1, 0.15) is 21.5 Å². The highest BCUT2D eigenvalue weighted by molar-refractivity contribution is 9.10. The van der Waals surface area contributed by atoms with Crippen LogP contribution in [0.5, 0.6) is 0 Å². The lowest BCUT2D eigenvalue weighted by Crippen LogP contribution is -2.24. The second-order valence-corrected chi connectivity index (χ2v) is 7.84. The number of rotatable bonds is 5. The van der Waals surface area contributed by atoms with Crippen LogP contribution < -0.4 is 10.9 Å². The minimum atomic E-state index is -0.719. The number of carbonyl (C=O) groups is 1. The first-order chi connectivity index (χ1) is 14.9. The van der Waals surface area contributed by atoms with E-state index in [4.69, 9.17) is 0 Å². The Balaban J connectivity index is 1.53. The summed E-state index contributed by atoms with van der Waals surface area (Å²) < 4.78 is 29.7. The largest absolute Gasteiger partial charge is 0.348 e. The van der Waals surface area contributed by atoms with Crippen molar-refractivity contribution in [2.45, 2.75) is 13.1 Å². The number of hydrogen-bond acceptors (Lipinski definition) is 3. The number of halogens is 3. The first-order valence-corrected chi connectivity index (χ1v) is 10.2. The highest BCUT2D eigenvalue weighted by atomic mass is 79.9. The molecule has 4 rings (SSSR count). The smallest absolute Gasteiger partial charge is 0.261 e. The van der Waals surface area contributed by atoms with Crippen LogP contribution in [-0.4, -0.2) is 15.5 Å². The van der Waals surface area contributed by atoms with Gasteiger partial charge in [0.1, 0.15) is 11.6 Å². The van der Waals surface area contributed by atoms with E-state index in [2.05, 4.69) is 26.2 Å². The molecule has 156 valence electrons. The Bertz CT molecular complexity index is 1330. The molecule has 0 saturated carbocycles. The van der Waals surface area contributed by atoms with Gasteiger partial charge in [-0.25, -0.2) is 13.8 Å². The number of aromatic nitrogens is 2. The third-order valence-electron chi connectivity index (χ3n) is 4.82. The minimum Gasteiger partial charge on any atom is -0.348 e. The molecule has 1 aromatic heterocycles. The van der Waals surface area contributed by atoms with E-state index in [1.54, 1.807) is 36.4 Å². The quantitative estimate of drug-likeness (QED) is 0.457. The zero-order valence-electron chi connectivity index (χ0n) is 16.1. The van der Waals surface area contributed by atoms with E-state index in [0.717, 1.165) is 16.6 Å². The fourth-order valence-corrected chi connectivity index (χ4v) is 3.58. The molecule has 0 unspecified atom stereocenters. The van der Waals surface area contributed by atoms with Crippen molar-refractivity contribution in [1.29, 1.82) is 0 Å². The molecule has 0 spiro atoms. The van der Waals surface area contributed by atoms with Gasteiger partial charge in [0.05, 0.1) is 23.8 Å². The van der Waals surface area contributed by atoms with Crippen molar-refractivity contribution in [1.82, 2.24) is 14.9 Å². The van der Waals surface area contributed by atoms with Gasteiger partial charge in [0.2, 0.25) is 0 Å². The van der Waals surface area contributed by atoms with Crippen LogP contribution in [0.15, 0.2) is 76.3 Å². The number of carbonyl (C=O) groups excluding carboxylic acids is 1. The van der Waals surface area contributed by atoms with Gasteiger partial charge in [-0.2, -0.15) is 0 Å². The summed E-state index contributed by atoms with van der Waals surface area (Å²) in [5.41, 5.74) is 1.22. The standard InChI is InChI=1S/C23H16BrF2N3O2/c24-16-7-8-21-17(10-16)23(31)29(13-28-21)12-14-3-1-4-15(9-14)22(30)27-11-18-19(25)5-2-6-20(18)26/h1-10,13H,11-12H2,(H,27,30). The first-order valence-electron chi connectivity index (χ1n) is 9.37. The predicted molar refractivity (Wildman–Crippen MR) is 117 cm³/mol. The predicted octanol–water partition coefficient (Wildman–Crippen LogP) is 4.42. The molecule has 1 amide bonds. The number of hydrogen-bond donors (Lipinski definition) is 1. The fraction of sp³-hybridized carbons (Fsp3) is 0.0870. The lowest BCUT2D eigenvalue weighted by atomic mass is 10.1. The number of fused-ring (bicyclic) bond motifs is 1. The second-order valence-electron chi connectivity index (χ2n) is 6.92. The lowest BCUT2D eigenvalue weighted by molar-refractivity contribution is 0.0950. The van der Waals surface area contributed by atoms with Gasteiger partial charge in [-0.1, -0.05) is 34.1 Å². The Morgan fingerprint density at radius 2 is 1.77 bits per heavy atom. The van der Waals surface area contributed by atoms with Crippen LogP contribution in [0.25, 0.3) is 10.9 Å². The topological polar surface area (TPSA) is 64.0 Å². The molecule has 3 aromatic carbocycles. The van der Waals surface area contributed by atoms with Crippen LogP contribution in [0.2, 0.25) is 0 Å². The van der Waals surface area contributed by atoms with Gasteiger partial charge in [-0.15, -0.1) is 0 Å². The van der Waals surface area contributed by atoms with E-state index >= 15 is 0 Å². The molecule has 0 atom stereocenters. The summed E-state index contributed by atoms with van der Waals surface area (Å²) in [7, 11) is 0. The van der Waals surface area contributed by atoms with E-state index < -0.39 is 17.5 Å². The van der Waals surface area contributed by atoms with E-state index in [1.165, 1.54) is 17.0 Å². The van der Waals surface area contributed by atoms with Crippen molar-refractivity contribution >= 4 is 32.7 Å². The molecule has 0 aliphatic carbocycles. The van der Waals surface area contributed by atoms with Crippen molar-refractivity contribution in [2.75, 3.05) is 0 Å². The van der Waals surface area contributed by atoms with Gasteiger partial charge in [-0.3, -0.25) is 14.2 Å². The van der Waals surface area contributed by atoms with Gasteiger partial charge in [0.15, 0.2) is 0 Å². The Morgan fingerprint density at radius 1 is 1.03 bits per heavy atom. The van der Waals surface area contributed by atoms with Crippen LogP contribution in [-0.2, 0) is 13.1 Å². The van der Waals surface area contributed by atoms with Crippen LogP contribution >= 0.6 is 15.9 Å². The molecule has 1 N–H and O–H groups in total. The summed E-state index contributed by atoms with van der Waals surface area (Å²) in [5.74, 6) is -1.91. The zero-order valence-corrected chi connectivity index (χ0v) is 17.7. The minimum absolute atomic E-state index is 0.198. The van der Waals surface area contributed by atoms with Gasteiger partial charge < -0.3 is 5.32 Å². The van der Waals surface area contributed by atoms with Crippen molar-refractivity contribution in [3.63, 3.8) is 0 Å². The summed E-state index contributed by atoms with van der Waals surface area (Å²) in [5, 5.41) is 3.01. The molecule has 31 heavy (non-hydrogen) atoms. The van der Waals surface area contributed by atoms with Gasteiger partial charge in [0.25, 0.3) is 11.5 Å². The molecule has 8 heteroatoms. The maximum atomic E-state index is 13.8. The molecule has 0 fully saturated rings. The number of nitrogens with one attached hydrogen (secondary N) is 1. The average Bonchev–Trinajstić information content (AvgIpc) is 2.76. The number of nitrogens with zero attached hydrogens (tertiary/aromatic N) is 2. The van der Waals surface area contributed by atoms with E-state index in [1.807, 2.05) is 6.07 Å². The summed E-state index contributed by atoms with van der Waals surface area (Å²) in [4.78, 5) is 29.6. The molecule has 0 radical (unpaired) electrons. The van der Waals surface area contributed by atoms with Gasteiger partial charge >= 0.3 is 0 Å². The molecule has 0 aliphatic heterocycles. The lowest BCUT2D eigenvalue weighted by Gasteiger charge is -2.10. The molecule has 1 heterocycles. The molecule has 5 nitrogen and oxygen atoms in total. The summed E-state index contributed by atoms with van der Waals surface area (Å²) in [6.45, 7) is -0.0537. The monoisotopic (exact) mass is 483 g/mol. The van der Waals surface area contributed by atoms with Crippen LogP contribution in [0.4, 0.5) is 8.78 Å². The Hall–Kier alpha value is -3.39. The third-order valence-corrected chi connectivity index (χ3v) is 5.31. The summed E-state index contributed by atoms with van der Waals surface area (Å²) >= 11 is 3.36. The normalized spacial score (nSPS) is 10.9. The maximum absolute atomic E-state index is 13.8. The van der Waals surface area contributed by atoms with Crippen LogP contribution in [0.3, 0.4) is 0 Å². The van der Waals surface area contributed by atoms with E-state index in [9.17, 15) is 18.4 Å². The SMILES string of the molecule is O=C(NCc1c(F)cccc1F)c1cccc(Cn2cnc3ccc(Br)cc3c2=O)c1. The Labute approximate surface area is 184 Å². The Kier molecular flexibility index (Phi) is 5.90. The van der Waals surface area contributed by atoms with Gasteiger partial charge in [-0.05, 0) is 48.0 Å². The van der Waals surface area contributed by atoms with E-state index in [-0.39, 0.29) is 24.2 Å². The molecule has 0 aliphatic rings.